The molecule has 6 heteroatoms. The van der Waals surface area contributed by atoms with Gasteiger partial charge in [0.2, 0.25) is 0 Å². The number of nitro benzene ring substituents is 1. The van der Waals surface area contributed by atoms with E-state index < -0.39 is 4.92 Å². The van der Waals surface area contributed by atoms with Crippen LogP contribution in [0.1, 0.15) is 31.0 Å². The highest BCUT2D eigenvalue weighted by Crippen LogP contribution is 2.33. The topological polar surface area (TPSA) is 97.8 Å². The summed E-state index contributed by atoms with van der Waals surface area (Å²) < 4.78 is 0. The van der Waals surface area contributed by atoms with Crippen molar-refractivity contribution >= 4 is 16.7 Å². The van der Waals surface area contributed by atoms with Gasteiger partial charge >= 0.3 is 0 Å². The average molecular weight is 246 g/mol. The first-order valence-corrected chi connectivity index (χ1v) is 6.03. The van der Waals surface area contributed by atoms with Crippen molar-refractivity contribution in [2.24, 2.45) is 5.73 Å². The molecule has 1 heterocycles. The monoisotopic (exact) mass is 246 g/mol. The molecule has 1 saturated carbocycles. The van der Waals surface area contributed by atoms with Crippen LogP contribution in [-0.4, -0.2) is 20.9 Å². The van der Waals surface area contributed by atoms with Crippen LogP contribution in [0.25, 0.3) is 11.0 Å². The number of aromatic nitrogens is 2. The van der Waals surface area contributed by atoms with Crippen molar-refractivity contribution in [1.82, 2.24) is 9.97 Å². The Hall–Kier alpha value is -1.95. The number of nitrogens with zero attached hydrogens (tertiary/aromatic N) is 2. The third kappa shape index (κ3) is 1.84. The molecule has 0 saturated heterocycles. The van der Waals surface area contributed by atoms with E-state index in [1.165, 1.54) is 12.1 Å². The van der Waals surface area contributed by atoms with E-state index in [2.05, 4.69) is 9.97 Å². The van der Waals surface area contributed by atoms with Crippen molar-refractivity contribution in [2.45, 2.75) is 31.2 Å². The minimum Gasteiger partial charge on any atom is -0.342 e. The molecule has 2 atom stereocenters. The van der Waals surface area contributed by atoms with Crippen LogP contribution in [0.5, 0.6) is 0 Å². The first kappa shape index (κ1) is 11.2. The summed E-state index contributed by atoms with van der Waals surface area (Å²) in [4.78, 5) is 18.0. The van der Waals surface area contributed by atoms with Crippen molar-refractivity contribution < 1.29 is 4.92 Å². The molecule has 3 N–H and O–H groups in total. The lowest BCUT2D eigenvalue weighted by molar-refractivity contribution is -0.384. The Bertz CT molecular complexity index is 607. The standard InChI is InChI=1S/C12H14N4O2/c13-8-2-1-7(5-8)12-14-10-4-3-9(16(17)18)6-11(10)15-12/h3-4,6-8H,1-2,5,13H2,(H,14,15)/t7-,8+/m1/s1. The summed E-state index contributed by atoms with van der Waals surface area (Å²) in [5.74, 6) is 1.25. The summed E-state index contributed by atoms with van der Waals surface area (Å²) in [5, 5.41) is 10.7. The molecule has 1 aliphatic rings. The van der Waals surface area contributed by atoms with E-state index in [0.717, 1.165) is 30.6 Å². The number of hydrogen-bond acceptors (Lipinski definition) is 4. The second kappa shape index (κ2) is 4.06. The number of H-pyrrole nitrogens is 1. The maximum absolute atomic E-state index is 10.7. The van der Waals surface area contributed by atoms with Crippen LogP contribution in [0, 0.1) is 10.1 Å². The number of rotatable bonds is 2. The molecule has 0 radical (unpaired) electrons. The van der Waals surface area contributed by atoms with Crippen LogP contribution >= 0.6 is 0 Å². The quantitative estimate of drug-likeness (QED) is 0.626. The van der Waals surface area contributed by atoms with E-state index in [0.29, 0.717) is 11.4 Å². The lowest BCUT2D eigenvalue weighted by Gasteiger charge is -2.04. The molecule has 1 aliphatic carbocycles. The third-order valence-corrected chi connectivity index (χ3v) is 3.56. The summed E-state index contributed by atoms with van der Waals surface area (Å²) in [6, 6.07) is 4.95. The van der Waals surface area contributed by atoms with Crippen molar-refractivity contribution in [3.8, 4) is 0 Å². The molecule has 0 amide bonds. The second-order valence-electron chi connectivity index (χ2n) is 4.85. The largest absolute Gasteiger partial charge is 0.342 e. The molecule has 3 rings (SSSR count). The van der Waals surface area contributed by atoms with Gasteiger partial charge in [0.15, 0.2) is 0 Å². The minimum atomic E-state index is -0.403. The predicted molar refractivity (Wildman–Crippen MR) is 67.3 cm³/mol. The molecule has 0 unspecified atom stereocenters. The van der Waals surface area contributed by atoms with E-state index in [1.54, 1.807) is 6.07 Å². The molecule has 0 bridgehead atoms. The van der Waals surface area contributed by atoms with E-state index in [-0.39, 0.29) is 11.7 Å². The van der Waals surface area contributed by atoms with Gasteiger partial charge in [-0.2, -0.15) is 0 Å². The Kier molecular flexibility index (Phi) is 2.52. The maximum atomic E-state index is 10.7. The summed E-state index contributed by atoms with van der Waals surface area (Å²) in [7, 11) is 0. The second-order valence-corrected chi connectivity index (χ2v) is 4.85. The zero-order chi connectivity index (χ0) is 12.7. The van der Waals surface area contributed by atoms with E-state index in [4.69, 9.17) is 5.73 Å². The Balaban J connectivity index is 1.98. The zero-order valence-electron chi connectivity index (χ0n) is 9.80. The smallest absolute Gasteiger partial charge is 0.271 e. The number of nitro groups is 1. The van der Waals surface area contributed by atoms with Crippen LogP contribution in [0.2, 0.25) is 0 Å². The summed E-state index contributed by atoms with van der Waals surface area (Å²) in [5.41, 5.74) is 7.46. The van der Waals surface area contributed by atoms with Crippen molar-refractivity contribution in [3.63, 3.8) is 0 Å². The lowest BCUT2D eigenvalue weighted by Crippen LogP contribution is -2.14. The summed E-state index contributed by atoms with van der Waals surface area (Å²) in [6.07, 6.45) is 2.98. The molecule has 1 fully saturated rings. The number of non-ortho nitro benzene ring substituents is 1. The fourth-order valence-electron chi connectivity index (χ4n) is 2.59. The molecule has 2 aromatic rings. The van der Waals surface area contributed by atoms with Gasteiger partial charge in [-0.1, -0.05) is 0 Å². The molecule has 94 valence electrons. The van der Waals surface area contributed by atoms with E-state index in [9.17, 15) is 10.1 Å². The molecular weight excluding hydrogens is 232 g/mol. The normalized spacial score (nSPS) is 23.6. The summed E-state index contributed by atoms with van der Waals surface area (Å²) in [6.45, 7) is 0. The Morgan fingerprint density at radius 3 is 2.94 bits per heavy atom. The summed E-state index contributed by atoms with van der Waals surface area (Å²) >= 11 is 0. The van der Waals surface area contributed by atoms with Gasteiger partial charge in [-0.25, -0.2) is 4.98 Å². The van der Waals surface area contributed by atoms with Crippen molar-refractivity contribution in [1.29, 1.82) is 0 Å². The maximum Gasteiger partial charge on any atom is 0.271 e. The van der Waals surface area contributed by atoms with Gasteiger partial charge < -0.3 is 10.7 Å². The first-order chi connectivity index (χ1) is 8.63. The molecular formula is C12H14N4O2. The van der Waals surface area contributed by atoms with Gasteiger partial charge in [0.05, 0.1) is 16.0 Å². The molecule has 18 heavy (non-hydrogen) atoms. The van der Waals surface area contributed by atoms with Gasteiger partial charge in [-0.3, -0.25) is 10.1 Å². The lowest BCUT2D eigenvalue weighted by atomic mass is 10.1. The number of nitrogens with one attached hydrogen (secondary N) is 1. The van der Waals surface area contributed by atoms with Crippen LogP contribution in [0.15, 0.2) is 18.2 Å². The number of imidazole rings is 1. The average Bonchev–Trinajstić information content (AvgIpc) is 2.93. The first-order valence-electron chi connectivity index (χ1n) is 6.03. The van der Waals surface area contributed by atoms with Gasteiger partial charge in [0, 0.05) is 24.1 Å². The zero-order valence-corrected chi connectivity index (χ0v) is 9.80. The fraction of sp³-hybridized carbons (Fsp3) is 0.417. The third-order valence-electron chi connectivity index (χ3n) is 3.56. The van der Waals surface area contributed by atoms with E-state index in [1.807, 2.05) is 0 Å². The Labute approximate surface area is 103 Å². The number of nitrogens with two attached hydrogens (primary N) is 1. The van der Waals surface area contributed by atoms with Crippen LogP contribution in [0.4, 0.5) is 5.69 Å². The highest BCUT2D eigenvalue weighted by Gasteiger charge is 2.25. The molecule has 0 aliphatic heterocycles. The van der Waals surface area contributed by atoms with Crippen LogP contribution in [0.3, 0.4) is 0 Å². The fourth-order valence-corrected chi connectivity index (χ4v) is 2.59. The van der Waals surface area contributed by atoms with Gasteiger partial charge in [0.25, 0.3) is 5.69 Å². The molecule has 1 aromatic carbocycles. The van der Waals surface area contributed by atoms with Crippen LogP contribution < -0.4 is 5.73 Å². The SMILES string of the molecule is N[C@H]1CC[C@@H](c2nc3cc([N+](=O)[O-])ccc3[nH]2)C1. The highest BCUT2D eigenvalue weighted by atomic mass is 16.6. The number of hydrogen-bond donors (Lipinski definition) is 2. The number of benzene rings is 1. The molecule has 1 aromatic heterocycles. The Morgan fingerprint density at radius 2 is 2.28 bits per heavy atom. The van der Waals surface area contributed by atoms with E-state index >= 15 is 0 Å². The minimum absolute atomic E-state index is 0.0728. The van der Waals surface area contributed by atoms with Crippen molar-refractivity contribution in [3.05, 3.63) is 34.1 Å². The Morgan fingerprint density at radius 1 is 1.44 bits per heavy atom. The molecule has 0 spiro atoms. The van der Waals surface area contributed by atoms with Crippen molar-refractivity contribution in [2.75, 3.05) is 0 Å². The molecule has 6 nitrogen and oxygen atoms in total. The number of fused-ring (bicyclic) bond motifs is 1. The highest BCUT2D eigenvalue weighted by molar-refractivity contribution is 5.77. The van der Waals surface area contributed by atoms with Gasteiger partial charge in [-0.05, 0) is 25.3 Å². The predicted octanol–water partition coefficient (Wildman–Crippen LogP) is 2.07. The van der Waals surface area contributed by atoms with Crippen LogP contribution in [-0.2, 0) is 0 Å². The number of aromatic amines is 1. The van der Waals surface area contributed by atoms with Gasteiger partial charge in [-0.15, -0.1) is 0 Å². The van der Waals surface area contributed by atoms with Gasteiger partial charge in [0.1, 0.15) is 5.82 Å².